The van der Waals surface area contributed by atoms with E-state index in [0.717, 1.165) is 169 Å². The average molecular weight is 1180 g/mol. The van der Waals surface area contributed by atoms with Crippen molar-refractivity contribution in [3.8, 4) is 11.5 Å². The Morgan fingerprint density at radius 1 is 0.540 bits per heavy atom. The summed E-state index contributed by atoms with van der Waals surface area (Å²) in [6, 6.07) is 35.7. The van der Waals surface area contributed by atoms with E-state index in [2.05, 4.69) is 64.4 Å². The van der Waals surface area contributed by atoms with Gasteiger partial charge in [-0.15, -0.1) is 0 Å². The summed E-state index contributed by atoms with van der Waals surface area (Å²) in [6.07, 6.45) is 32.3. The number of ether oxygens (including phenoxy) is 5. The van der Waals surface area contributed by atoms with Crippen LogP contribution in [0.5, 0.6) is 11.5 Å². The number of aliphatic hydroxyl groups excluding tert-OH is 1. The number of pyridine rings is 6. The Balaban J connectivity index is 0.000000189. The minimum absolute atomic E-state index is 0. The number of nitrogens with one attached hydrogen (secondary N) is 1. The fraction of sp³-hybridized carbons (Fsp3) is 0.437. The van der Waals surface area contributed by atoms with E-state index in [-0.39, 0.29) is 56.1 Å². The molecule has 3 aliphatic heterocycles. The second-order valence-corrected chi connectivity index (χ2v) is 22.6. The molecule has 0 aliphatic carbocycles. The molecule has 2 atom stereocenters. The Bertz CT molecular complexity index is 3100. The highest BCUT2D eigenvalue weighted by molar-refractivity contribution is 5.85. The van der Waals surface area contributed by atoms with E-state index >= 15 is 0 Å². The number of fused-ring (bicyclic) bond motifs is 2. The number of aliphatic hydroxyl groups is 1. The van der Waals surface area contributed by atoms with Crippen molar-refractivity contribution in [2.75, 3.05) is 52.5 Å². The van der Waals surface area contributed by atoms with Gasteiger partial charge in [-0.3, -0.25) is 39.5 Å². The fourth-order valence-electron chi connectivity index (χ4n) is 11.1. The van der Waals surface area contributed by atoms with Gasteiger partial charge < -0.3 is 39.0 Å². The zero-order valence-electron chi connectivity index (χ0n) is 49.5. The van der Waals surface area contributed by atoms with Gasteiger partial charge in [-0.2, -0.15) is 0 Å². The van der Waals surface area contributed by atoms with E-state index in [9.17, 15) is 14.7 Å². The number of epoxide rings is 1. The van der Waals surface area contributed by atoms with Gasteiger partial charge in [0.05, 0.1) is 29.5 Å². The maximum atomic E-state index is 13.2. The summed E-state index contributed by atoms with van der Waals surface area (Å²) in [6.45, 7) is 5.49. The molecular weight excluding hydrogens is 1090 g/mol. The third kappa shape index (κ3) is 22.8. The van der Waals surface area contributed by atoms with Gasteiger partial charge in [0, 0.05) is 79.3 Å². The smallest absolute Gasteiger partial charge is 0.309 e. The zero-order chi connectivity index (χ0) is 59.2. The Hall–Kier alpha value is -7.76. The molecule has 16 heteroatoms. The first-order valence-electron chi connectivity index (χ1n) is 31.0. The van der Waals surface area contributed by atoms with Crippen LogP contribution in [0.2, 0.25) is 0 Å². The van der Waals surface area contributed by atoms with Crippen LogP contribution < -0.4 is 14.8 Å². The van der Waals surface area contributed by atoms with Crippen molar-refractivity contribution in [3.05, 3.63) is 193 Å². The van der Waals surface area contributed by atoms with Crippen LogP contribution >= 0.6 is 0 Å². The molecule has 9 heterocycles. The first-order chi connectivity index (χ1) is 42.4. The van der Waals surface area contributed by atoms with Crippen LogP contribution in [-0.2, 0) is 49.5 Å². The first-order valence-corrected chi connectivity index (χ1v) is 31.0. The molecule has 16 nitrogen and oxygen atoms in total. The van der Waals surface area contributed by atoms with Crippen molar-refractivity contribution in [3.63, 3.8) is 0 Å². The number of benzene rings is 2. The minimum atomic E-state index is -0.626. The molecule has 2 aromatic carbocycles. The molecule has 0 radical (unpaired) electrons. The number of carbonyl (C=O) groups is 2. The fourth-order valence-corrected chi connectivity index (χ4v) is 11.1. The molecule has 8 aromatic rings. The van der Waals surface area contributed by atoms with Crippen LogP contribution in [0.1, 0.15) is 107 Å². The van der Waals surface area contributed by atoms with Crippen molar-refractivity contribution in [1.29, 1.82) is 0 Å². The van der Waals surface area contributed by atoms with Gasteiger partial charge in [0.2, 0.25) is 0 Å². The standard InChI is InChI=1S/C35H42N4O4.C23H31N3O2.C12H11NO2.CH4/c40-30(26-42-34-15-3-14-33-32(34)13-6-20-38-33)25-39-21-16-29(17-22-39)35(41)43-31(11-1-7-27-9-4-18-36-23-27)12-2-8-28-10-5-19-37-24-28;27-23(21-11-15-24-16-12-21)28-22(9-1-5-19-7-3-13-25-17-19)10-2-6-20-8-4-14-26-18-20;1-4-11-10(3-2-6-13-11)12(5-1)15-8-9-7-14-9;/h3-6,9-10,13-15,18-20,23-24,29-31,40H,1-2,7-8,11-12,16-17,21-22,25-26H2;3-4,7-8,13-14,17-18,21-22,24H,1-2,5-6,9-12,15-16H2;1-6,9H,7-8H2;1H4/t30-;;9-;/m1.1./s1. The monoisotopic (exact) mass is 1180 g/mol. The number of carbonyl (C=O) groups excluding carboxylic acids is 2. The molecule has 11 rings (SSSR count). The summed E-state index contributed by atoms with van der Waals surface area (Å²) in [5, 5.41) is 16.0. The van der Waals surface area contributed by atoms with Crippen molar-refractivity contribution in [1.82, 2.24) is 40.1 Å². The molecule has 0 saturated carbocycles. The molecule has 3 saturated heterocycles. The summed E-state index contributed by atoms with van der Waals surface area (Å²) in [4.78, 5) is 53.5. The number of hydrogen-bond donors (Lipinski definition) is 2. The molecule has 6 aromatic heterocycles. The molecule has 0 amide bonds. The summed E-state index contributed by atoms with van der Waals surface area (Å²) < 4.78 is 28.8. The number of aryl methyl sites for hydroxylation is 4. The number of rotatable bonds is 28. The number of likely N-dealkylation sites (tertiary alicyclic amines) is 1. The third-order valence-corrected chi connectivity index (χ3v) is 16.0. The van der Waals surface area contributed by atoms with E-state index in [4.69, 9.17) is 23.7 Å². The van der Waals surface area contributed by atoms with E-state index in [1.165, 1.54) is 22.3 Å². The lowest BCUT2D eigenvalue weighted by Crippen LogP contribution is -2.42. The lowest BCUT2D eigenvalue weighted by molar-refractivity contribution is -0.157. The van der Waals surface area contributed by atoms with Crippen LogP contribution in [-0.4, -0.2) is 129 Å². The molecule has 0 spiro atoms. The Morgan fingerprint density at radius 3 is 1.37 bits per heavy atom. The molecule has 460 valence electrons. The van der Waals surface area contributed by atoms with E-state index in [1.807, 2.05) is 110 Å². The van der Waals surface area contributed by atoms with Crippen LogP contribution in [0.4, 0.5) is 0 Å². The van der Waals surface area contributed by atoms with Gasteiger partial charge in [-0.25, -0.2) is 0 Å². The van der Waals surface area contributed by atoms with E-state index in [1.54, 1.807) is 37.2 Å². The molecule has 87 heavy (non-hydrogen) atoms. The number of hydrogen-bond acceptors (Lipinski definition) is 16. The van der Waals surface area contributed by atoms with Gasteiger partial charge in [0.25, 0.3) is 0 Å². The van der Waals surface area contributed by atoms with Crippen molar-refractivity contribution >= 4 is 33.7 Å². The summed E-state index contributed by atoms with van der Waals surface area (Å²) in [7, 11) is 0. The molecule has 3 fully saturated rings. The molecule has 3 aliphatic rings. The first kappa shape index (κ1) is 65.2. The average Bonchev–Trinajstić information content (AvgIpc) is 4.52. The number of aromatic nitrogens is 6. The predicted octanol–water partition coefficient (Wildman–Crippen LogP) is 11.8. The number of esters is 2. The lowest BCUT2D eigenvalue weighted by atomic mass is 9.96. The van der Waals surface area contributed by atoms with Crippen LogP contribution in [0.3, 0.4) is 0 Å². The maximum Gasteiger partial charge on any atom is 0.309 e. The topological polar surface area (TPSA) is 196 Å². The van der Waals surface area contributed by atoms with Gasteiger partial charge in [-0.05, 0) is 224 Å². The zero-order valence-corrected chi connectivity index (χ0v) is 49.5. The maximum absolute atomic E-state index is 13.2. The Morgan fingerprint density at radius 2 is 0.954 bits per heavy atom. The normalized spacial score (nSPS) is 15.5. The van der Waals surface area contributed by atoms with Gasteiger partial charge in [-0.1, -0.05) is 43.8 Å². The number of nitrogens with zero attached hydrogens (tertiary/aromatic N) is 7. The number of β-amino-alcohol motifs (C(OH)–C–C–N with tert-alkyl or cyclic N) is 1. The second-order valence-electron chi connectivity index (χ2n) is 22.6. The largest absolute Gasteiger partial charge is 0.490 e. The highest BCUT2D eigenvalue weighted by atomic mass is 16.6. The van der Waals surface area contributed by atoms with Crippen molar-refractivity contribution < 1.29 is 38.4 Å². The van der Waals surface area contributed by atoms with Gasteiger partial charge in [0.1, 0.15) is 49.1 Å². The number of piperidine rings is 2. The second kappa shape index (κ2) is 36.4. The molecule has 0 bridgehead atoms. The summed E-state index contributed by atoms with van der Waals surface area (Å²) in [5.41, 5.74) is 6.72. The SMILES string of the molecule is C.O=C(OC(CCCc1cccnc1)CCCc1cccnc1)C1CCN(C[C@@H](O)COc2cccc3ncccc23)CC1.O=C(OC(CCCc1cccnc1)CCCc1cccnc1)C1CCNCC1.c1cc(OC[C@H]2CO2)c2cccnc2c1. The highest BCUT2D eigenvalue weighted by Gasteiger charge is 2.30. The van der Waals surface area contributed by atoms with Crippen molar-refractivity contribution in [2.24, 2.45) is 11.8 Å². The molecule has 2 N–H and O–H groups in total. The Kier molecular flexibility index (Phi) is 27.3. The van der Waals surface area contributed by atoms with E-state index < -0.39 is 6.10 Å². The third-order valence-electron chi connectivity index (χ3n) is 16.0. The van der Waals surface area contributed by atoms with Crippen LogP contribution in [0.25, 0.3) is 21.8 Å². The predicted molar refractivity (Wildman–Crippen MR) is 340 cm³/mol. The van der Waals surface area contributed by atoms with Gasteiger partial charge in [0.15, 0.2) is 0 Å². The minimum Gasteiger partial charge on any atom is -0.490 e. The Labute approximate surface area is 513 Å². The van der Waals surface area contributed by atoms with Gasteiger partial charge >= 0.3 is 11.9 Å². The van der Waals surface area contributed by atoms with Crippen LogP contribution in [0.15, 0.2) is 171 Å². The van der Waals surface area contributed by atoms with E-state index in [0.29, 0.717) is 13.2 Å². The summed E-state index contributed by atoms with van der Waals surface area (Å²) >= 11 is 0. The lowest BCUT2D eigenvalue weighted by Gasteiger charge is -2.32. The molecular formula is C71H88N8O8. The van der Waals surface area contributed by atoms with Crippen LogP contribution in [0, 0.1) is 11.8 Å². The molecule has 0 unspecified atom stereocenters. The summed E-state index contributed by atoms with van der Waals surface area (Å²) in [5.74, 6) is 1.47. The van der Waals surface area contributed by atoms with Crippen molar-refractivity contribution in [2.45, 2.75) is 135 Å². The quantitative estimate of drug-likeness (QED) is 0.0347. The highest BCUT2D eigenvalue weighted by Crippen LogP contribution is 2.28.